The van der Waals surface area contributed by atoms with Gasteiger partial charge < -0.3 is 4.74 Å². The Kier molecular flexibility index (Phi) is 7.85. The van der Waals surface area contributed by atoms with Crippen molar-refractivity contribution in [2.75, 3.05) is 16.9 Å². The monoisotopic (exact) mass is 318 g/mol. The summed E-state index contributed by atoms with van der Waals surface area (Å²) >= 11 is 8.18. The van der Waals surface area contributed by atoms with Gasteiger partial charge in [-0.05, 0) is 12.8 Å². The molecule has 1 nitrogen and oxygen atoms in total. The Morgan fingerprint density at radius 2 is 1.92 bits per heavy atom. The molecule has 0 saturated carbocycles. The van der Waals surface area contributed by atoms with Gasteiger partial charge in [0, 0.05) is 4.43 Å². The van der Waals surface area contributed by atoms with E-state index in [1.807, 2.05) is 0 Å². The molecule has 0 saturated heterocycles. The average molecular weight is 319 g/mol. The Hall–Kier alpha value is 0.980. The second-order valence-corrected chi connectivity index (χ2v) is 4.74. The topological polar surface area (TPSA) is 9.23 Å². The van der Waals surface area contributed by atoms with Gasteiger partial charge in [0.2, 0.25) is 0 Å². The zero-order valence-electron chi connectivity index (χ0n) is 8.78. The molecule has 0 aliphatic rings. The maximum Gasteiger partial charge on any atom is 0.0878 e. The third-order valence-electron chi connectivity index (χ3n) is 2.39. The van der Waals surface area contributed by atoms with Crippen LogP contribution in [0.5, 0.6) is 0 Å². The average Bonchev–Trinajstić information content (AvgIpc) is 2.19. The zero-order chi connectivity index (χ0) is 10.3. The van der Waals surface area contributed by atoms with Crippen molar-refractivity contribution in [2.24, 2.45) is 5.92 Å². The van der Waals surface area contributed by atoms with Crippen LogP contribution in [-0.2, 0) is 4.74 Å². The molecule has 3 heteroatoms. The van der Waals surface area contributed by atoms with Gasteiger partial charge in [0.05, 0.1) is 18.1 Å². The van der Waals surface area contributed by atoms with Crippen molar-refractivity contribution in [3.63, 3.8) is 0 Å². The van der Waals surface area contributed by atoms with Crippen molar-refractivity contribution in [2.45, 2.75) is 39.2 Å². The number of hydrogen-bond donors (Lipinski definition) is 0. The summed E-state index contributed by atoms with van der Waals surface area (Å²) in [5, 5.41) is 0. The van der Waals surface area contributed by atoms with Crippen LogP contribution in [0.25, 0.3) is 0 Å². The van der Waals surface area contributed by atoms with E-state index >= 15 is 0 Å². The Morgan fingerprint density at radius 3 is 2.23 bits per heavy atom. The SMILES string of the molecule is CCC(CC)COC(C)(CCl)CI. The third kappa shape index (κ3) is 5.43. The zero-order valence-corrected chi connectivity index (χ0v) is 11.7. The molecule has 0 fully saturated rings. The predicted octanol–water partition coefficient (Wildman–Crippen LogP) is 3.87. The summed E-state index contributed by atoms with van der Waals surface area (Å²) in [5.41, 5.74) is -0.134. The summed E-state index contributed by atoms with van der Waals surface area (Å²) in [5.74, 6) is 1.27. The summed E-state index contributed by atoms with van der Waals surface area (Å²) in [4.78, 5) is 0. The van der Waals surface area contributed by atoms with E-state index in [2.05, 4.69) is 43.4 Å². The molecule has 0 aliphatic carbocycles. The summed E-state index contributed by atoms with van der Waals surface area (Å²) in [7, 11) is 0. The molecule has 13 heavy (non-hydrogen) atoms. The van der Waals surface area contributed by atoms with Gasteiger partial charge in [-0.3, -0.25) is 0 Å². The summed E-state index contributed by atoms with van der Waals surface area (Å²) < 4.78 is 6.79. The molecule has 0 amide bonds. The molecular weight excluding hydrogens is 298 g/mol. The molecular formula is C10H20ClIO. The normalized spacial score (nSPS) is 16.2. The van der Waals surface area contributed by atoms with E-state index in [0.717, 1.165) is 11.0 Å². The quantitative estimate of drug-likeness (QED) is 0.511. The number of alkyl halides is 2. The van der Waals surface area contributed by atoms with E-state index in [9.17, 15) is 0 Å². The Balaban J connectivity index is 3.83. The predicted molar refractivity (Wildman–Crippen MR) is 68.0 cm³/mol. The molecule has 0 spiro atoms. The third-order valence-corrected chi connectivity index (χ3v) is 4.57. The van der Waals surface area contributed by atoms with Crippen molar-refractivity contribution < 1.29 is 4.74 Å². The highest BCUT2D eigenvalue weighted by Gasteiger charge is 2.23. The fourth-order valence-electron chi connectivity index (χ4n) is 0.956. The molecule has 0 radical (unpaired) electrons. The van der Waals surface area contributed by atoms with Gasteiger partial charge in [-0.25, -0.2) is 0 Å². The lowest BCUT2D eigenvalue weighted by Gasteiger charge is -2.27. The van der Waals surface area contributed by atoms with Gasteiger partial charge in [0.1, 0.15) is 0 Å². The van der Waals surface area contributed by atoms with E-state index in [0.29, 0.717) is 11.8 Å². The first-order valence-electron chi connectivity index (χ1n) is 4.87. The smallest absolute Gasteiger partial charge is 0.0878 e. The van der Waals surface area contributed by atoms with Gasteiger partial charge in [-0.1, -0.05) is 49.3 Å². The summed E-state index contributed by atoms with van der Waals surface area (Å²) in [6, 6.07) is 0. The molecule has 1 unspecified atom stereocenters. The van der Waals surface area contributed by atoms with Crippen LogP contribution in [0.1, 0.15) is 33.6 Å². The molecule has 0 bridgehead atoms. The van der Waals surface area contributed by atoms with Gasteiger partial charge in [-0.2, -0.15) is 0 Å². The molecule has 0 rings (SSSR count). The molecule has 0 aromatic heterocycles. The van der Waals surface area contributed by atoms with Gasteiger partial charge in [0.25, 0.3) is 0 Å². The van der Waals surface area contributed by atoms with E-state index in [1.54, 1.807) is 0 Å². The fourth-order valence-corrected chi connectivity index (χ4v) is 1.94. The Labute approximate surface area is 101 Å². The van der Waals surface area contributed by atoms with Crippen LogP contribution in [0.3, 0.4) is 0 Å². The second kappa shape index (κ2) is 7.30. The van der Waals surface area contributed by atoms with Crippen molar-refractivity contribution in [3.05, 3.63) is 0 Å². The molecule has 0 aliphatic heterocycles. The van der Waals surface area contributed by atoms with Crippen LogP contribution in [0, 0.1) is 5.92 Å². The molecule has 0 N–H and O–H groups in total. The highest BCUT2D eigenvalue weighted by atomic mass is 127. The number of rotatable bonds is 7. The Morgan fingerprint density at radius 1 is 1.38 bits per heavy atom. The molecule has 0 aromatic carbocycles. The van der Waals surface area contributed by atoms with Gasteiger partial charge >= 0.3 is 0 Å². The minimum absolute atomic E-state index is 0.134. The molecule has 0 heterocycles. The van der Waals surface area contributed by atoms with E-state index in [4.69, 9.17) is 16.3 Å². The first kappa shape index (κ1) is 14.0. The van der Waals surface area contributed by atoms with E-state index < -0.39 is 0 Å². The van der Waals surface area contributed by atoms with Crippen molar-refractivity contribution in [1.29, 1.82) is 0 Å². The van der Waals surface area contributed by atoms with E-state index in [-0.39, 0.29) is 5.60 Å². The van der Waals surface area contributed by atoms with Crippen molar-refractivity contribution in [3.8, 4) is 0 Å². The lowest BCUT2D eigenvalue weighted by Crippen LogP contribution is -2.34. The maximum atomic E-state index is 5.85. The molecule has 80 valence electrons. The van der Waals surface area contributed by atoms with Crippen LogP contribution in [-0.4, -0.2) is 22.5 Å². The minimum Gasteiger partial charge on any atom is -0.373 e. The largest absolute Gasteiger partial charge is 0.373 e. The summed E-state index contributed by atoms with van der Waals surface area (Å²) in [6.07, 6.45) is 2.38. The first-order chi connectivity index (χ1) is 6.11. The van der Waals surface area contributed by atoms with Crippen LogP contribution in [0.15, 0.2) is 0 Å². The number of hydrogen-bond acceptors (Lipinski definition) is 1. The lowest BCUT2D eigenvalue weighted by molar-refractivity contribution is -0.0155. The minimum atomic E-state index is -0.134. The Bertz CT molecular complexity index is 122. The van der Waals surface area contributed by atoms with Crippen LogP contribution in [0.4, 0.5) is 0 Å². The van der Waals surface area contributed by atoms with E-state index in [1.165, 1.54) is 12.8 Å². The first-order valence-corrected chi connectivity index (χ1v) is 6.93. The fraction of sp³-hybridized carbons (Fsp3) is 1.00. The maximum absolute atomic E-state index is 5.85. The van der Waals surface area contributed by atoms with Gasteiger partial charge in [0.15, 0.2) is 0 Å². The molecule has 1 atom stereocenters. The lowest BCUT2D eigenvalue weighted by atomic mass is 10.0. The van der Waals surface area contributed by atoms with Crippen LogP contribution >= 0.6 is 34.2 Å². The molecule has 0 aromatic rings. The standard InChI is InChI=1S/C10H20ClIO/c1-4-9(5-2)6-13-10(3,7-11)8-12/h9H,4-8H2,1-3H3. The summed E-state index contributed by atoms with van der Waals surface area (Å²) in [6.45, 7) is 7.34. The van der Waals surface area contributed by atoms with Gasteiger partial charge in [-0.15, -0.1) is 11.6 Å². The van der Waals surface area contributed by atoms with Crippen LogP contribution < -0.4 is 0 Å². The van der Waals surface area contributed by atoms with Crippen LogP contribution in [0.2, 0.25) is 0 Å². The second-order valence-electron chi connectivity index (χ2n) is 3.71. The number of halogens is 2. The van der Waals surface area contributed by atoms with Crippen molar-refractivity contribution in [1.82, 2.24) is 0 Å². The highest BCUT2D eigenvalue weighted by molar-refractivity contribution is 14.1. The highest BCUT2D eigenvalue weighted by Crippen LogP contribution is 2.19. The number of ether oxygens (including phenoxy) is 1. The van der Waals surface area contributed by atoms with Crippen molar-refractivity contribution >= 4 is 34.2 Å².